The van der Waals surface area contributed by atoms with Gasteiger partial charge in [0.2, 0.25) is 5.91 Å². The minimum Gasteiger partial charge on any atom is -0.479 e. The van der Waals surface area contributed by atoms with Crippen LogP contribution in [0.3, 0.4) is 0 Å². The number of carboxylic acids is 1. The van der Waals surface area contributed by atoms with Gasteiger partial charge >= 0.3 is 5.97 Å². The topological polar surface area (TPSA) is 66.8 Å². The van der Waals surface area contributed by atoms with Crippen LogP contribution < -0.4 is 0 Å². The van der Waals surface area contributed by atoms with Crippen molar-refractivity contribution >= 4 is 11.9 Å². The minimum atomic E-state index is -1.04. The first-order chi connectivity index (χ1) is 8.08. The summed E-state index contributed by atoms with van der Waals surface area (Å²) in [5.74, 6) is -1.01. The lowest BCUT2D eigenvalue weighted by Gasteiger charge is -2.39. The summed E-state index contributed by atoms with van der Waals surface area (Å²) in [6.07, 6.45) is 3.45. The van der Waals surface area contributed by atoms with E-state index in [1.807, 2.05) is 0 Å². The number of rotatable bonds is 3. The number of amides is 1. The molecule has 1 saturated carbocycles. The monoisotopic (exact) mass is 241 g/mol. The van der Waals surface area contributed by atoms with Gasteiger partial charge in [-0.3, -0.25) is 4.79 Å². The highest BCUT2D eigenvalue weighted by Gasteiger charge is 2.51. The Morgan fingerprint density at radius 2 is 2.00 bits per heavy atom. The van der Waals surface area contributed by atoms with Crippen molar-refractivity contribution in [3.8, 4) is 0 Å². The van der Waals surface area contributed by atoms with Crippen LogP contribution in [0.15, 0.2) is 0 Å². The lowest BCUT2D eigenvalue weighted by molar-refractivity contribution is -0.160. The van der Waals surface area contributed by atoms with Crippen molar-refractivity contribution in [2.24, 2.45) is 0 Å². The molecule has 1 aliphatic heterocycles. The number of hydrogen-bond donors (Lipinski definition) is 1. The average molecular weight is 241 g/mol. The lowest BCUT2D eigenvalue weighted by Crippen LogP contribution is -2.57. The largest absolute Gasteiger partial charge is 0.479 e. The molecular weight excluding hydrogens is 222 g/mol. The number of nitrogens with zero attached hydrogens (tertiary/aromatic N) is 1. The van der Waals surface area contributed by atoms with Crippen LogP contribution in [-0.2, 0) is 14.3 Å². The molecule has 1 atom stereocenters. The molecule has 1 amide bonds. The molecule has 1 heterocycles. The maximum absolute atomic E-state index is 11.8. The summed E-state index contributed by atoms with van der Waals surface area (Å²) < 4.78 is 5.33. The fourth-order valence-corrected chi connectivity index (χ4v) is 2.73. The van der Waals surface area contributed by atoms with Gasteiger partial charge in [0.1, 0.15) is 5.54 Å². The van der Waals surface area contributed by atoms with Crippen molar-refractivity contribution in [1.29, 1.82) is 0 Å². The van der Waals surface area contributed by atoms with Crippen LogP contribution in [0.2, 0.25) is 0 Å². The van der Waals surface area contributed by atoms with Crippen LogP contribution in [0.1, 0.15) is 39.0 Å². The zero-order chi connectivity index (χ0) is 12.5. The molecule has 2 fully saturated rings. The number of aliphatic carboxylic acids is 1. The zero-order valence-electron chi connectivity index (χ0n) is 10.1. The average Bonchev–Trinajstić information content (AvgIpc) is 3.04. The SMILES string of the molecule is CC(=O)N(C1CC1)C1(C(=O)O)CCCOCC1. The second-order valence-corrected chi connectivity index (χ2v) is 4.92. The van der Waals surface area contributed by atoms with Crippen LogP contribution in [0.25, 0.3) is 0 Å². The Balaban J connectivity index is 2.29. The molecule has 1 unspecified atom stereocenters. The fraction of sp³-hybridized carbons (Fsp3) is 0.833. The van der Waals surface area contributed by atoms with Crippen molar-refractivity contribution in [3.05, 3.63) is 0 Å². The van der Waals surface area contributed by atoms with E-state index in [1.165, 1.54) is 6.92 Å². The summed E-state index contributed by atoms with van der Waals surface area (Å²) in [6.45, 7) is 2.48. The van der Waals surface area contributed by atoms with E-state index >= 15 is 0 Å². The lowest BCUT2D eigenvalue weighted by atomic mass is 9.88. The molecule has 5 heteroatoms. The first-order valence-electron chi connectivity index (χ1n) is 6.19. The molecule has 2 rings (SSSR count). The van der Waals surface area contributed by atoms with E-state index in [9.17, 15) is 14.7 Å². The maximum Gasteiger partial charge on any atom is 0.329 e. The highest BCUT2D eigenvalue weighted by molar-refractivity contribution is 5.86. The number of carbonyl (C=O) groups is 2. The van der Waals surface area contributed by atoms with E-state index in [0.717, 1.165) is 12.8 Å². The van der Waals surface area contributed by atoms with E-state index in [1.54, 1.807) is 4.90 Å². The van der Waals surface area contributed by atoms with Gasteiger partial charge in [-0.2, -0.15) is 0 Å². The maximum atomic E-state index is 11.8. The summed E-state index contributed by atoms with van der Waals surface area (Å²) in [5, 5.41) is 9.56. The van der Waals surface area contributed by atoms with Crippen molar-refractivity contribution < 1.29 is 19.4 Å². The van der Waals surface area contributed by atoms with Gasteiger partial charge in [0.25, 0.3) is 0 Å². The van der Waals surface area contributed by atoms with Crippen molar-refractivity contribution in [1.82, 2.24) is 4.90 Å². The van der Waals surface area contributed by atoms with Gasteiger partial charge < -0.3 is 14.7 Å². The van der Waals surface area contributed by atoms with Crippen molar-refractivity contribution in [2.75, 3.05) is 13.2 Å². The number of carbonyl (C=O) groups excluding carboxylic acids is 1. The normalized spacial score (nSPS) is 29.5. The highest BCUT2D eigenvalue weighted by atomic mass is 16.5. The number of hydrogen-bond acceptors (Lipinski definition) is 3. The highest BCUT2D eigenvalue weighted by Crippen LogP contribution is 2.38. The third kappa shape index (κ3) is 2.29. The van der Waals surface area contributed by atoms with E-state index in [0.29, 0.717) is 32.5 Å². The minimum absolute atomic E-state index is 0.127. The number of ether oxygens (including phenoxy) is 1. The molecule has 0 bridgehead atoms. The van der Waals surface area contributed by atoms with Gasteiger partial charge in [0, 0.05) is 32.6 Å². The quantitative estimate of drug-likeness (QED) is 0.801. The van der Waals surface area contributed by atoms with Crippen molar-refractivity contribution in [3.63, 3.8) is 0 Å². The zero-order valence-corrected chi connectivity index (χ0v) is 10.1. The smallest absolute Gasteiger partial charge is 0.329 e. The van der Waals surface area contributed by atoms with Gasteiger partial charge in [-0.15, -0.1) is 0 Å². The van der Waals surface area contributed by atoms with Crippen LogP contribution in [0, 0.1) is 0 Å². The molecule has 0 spiro atoms. The van der Waals surface area contributed by atoms with E-state index in [4.69, 9.17) is 4.74 Å². The van der Waals surface area contributed by atoms with Crippen LogP contribution in [-0.4, -0.2) is 46.7 Å². The molecule has 1 N–H and O–H groups in total. The molecule has 5 nitrogen and oxygen atoms in total. The predicted octanol–water partition coefficient (Wildman–Crippen LogP) is 1.02. The standard InChI is InChI=1S/C12H19NO4/c1-9(14)13(10-3-4-10)12(11(15)16)5-2-7-17-8-6-12/h10H,2-8H2,1H3,(H,15,16). The molecular formula is C12H19NO4. The van der Waals surface area contributed by atoms with E-state index < -0.39 is 11.5 Å². The Bertz CT molecular complexity index is 316. The van der Waals surface area contributed by atoms with Crippen LogP contribution in [0.4, 0.5) is 0 Å². The molecule has 0 aromatic rings. The van der Waals surface area contributed by atoms with Gasteiger partial charge in [0.15, 0.2) is 0 Å². The summed E-state index contributed by atoms with van der Waals surface area (Å²) in [4.78, 5) is 25.0. The summed E-state index contributed by atoms with van der Waals surface area (Å²) in [6, 6.07) is 0.127. The van der Waals surface area contributed by atoms with Crippen LogP contribution >= 0.6 is 0 Å². The Kier molecular flexibility index (Phi) is 3.38. The summed E-state index contributed by atoms with van der Waals surface area (Å²) in [7, 11) is 0. The Labute approximate surface area is 101 Å². The second kappa shape index (κ2) is 4.64. The van der Waals surface area contributed by atoms with Crippen molar-refractivity contribution in [2.45, 2.75) is 50.6 Å². The summed E-state index contributed by atoms with van der Waals surface area (Å²) in [5.41, 5.74) is -1.04. The Morgan fingerprint density at radius 1 is 1.29 bits per heavy atom. The predicted molar refractivity (Wildman–Crippen MR) is 60.6 cm³/mol. The molecule has 17 heavy (non-hydrogen) atoms. The molecule has 0 radical (unpaired) electrons. The molecule has 1 saturated heterocycles. The number of carboxylic acid groups (broad SMARTS) is 1. The molecule has 1 aliphatic carbocycles. The third-order valence-electron chi connectivity index (χ3n) is 3.65. The molecule has 2 aliphatic rings. The fourth-order valence-electron chi connectivity index (χ4n) is 2.73. The van der Waals surface area contributed by atoms with Crippen LogP contribution in [0.5, 0.6) is 0 Å². The Morgan fingerprint density at radius 3 is 2.53 bits per heavy atom. The third-order valence-corrected chi connectivity index (χ3v) is 3.65. The molecule has 0 aromatic heterocycles. The van der Waals surface area contributed by atoms with Gasteiger partial charge in [0.05, 0.1) is 0 Å². The second-order valence-electron chi connectivity index (χ2n) is 4.92. The summed E-state index contributed by atoms with van der Waals surface area (Å²) >= 11 is 0. The van der Waals surface area contributed by atoms with E-state index in [-0.39, 0.29) is 11.9 Å². The Hall–Kier alpha value is -1.10. The first kappa shape index (κ1) is 12.4. The van der Waals surface area contributed by atoms with Gasteiger partial charge in [-0.05, 0) is 25.7 Å². The molecule has 96 valence electrons. The van der Waals surface area contributed by atoms with E-state index in [2.05, 4.69) is 0 Å². The first-order valence-corrected chi connectivity index (χ1v) is 6.19. The van der Waals surface area contributed by atoms with Gasteiger partial charge in [-0.25, -0.2) is 4.79 Å². The van der Waals surface area contributed by atoms with Gasteiger partial charge in [-0.1, -0.05) is 0 Å². The molecule has 0 aromatic carbocycles.